The van der Waals surface area contributed by atoms with E-state index in [1.807, 2.05) is 45.0 Å². The van der Waals surface area contributed by atoms with Gasteiger partial charge < -0.3 is 10.2 Å². The molecule has 2 aromatic heterocycles. The Labute approximate surface area is 111 Å². The molecule has 0 atom stereocenters. The molecule has 2 N–H and O–H groups in total. The minimum atomic E-state index is 0.521. The van der Waals surface area contributed by atoms with Crippen molar-refractivity contribution < 1.29 is 4.42 Å². The highest BCUT2D eigenvalue weighted by Gasteiger charge is 2.16. The maximum Gasteiger partial charge on any atom is 0.165 e. The summed E-state index contributed by atoms with van der Waals surface area (Å²) in [5.74, 6) is 1.96. The average Bonchev–Trinajstić information content (AvgIpc) is 2.71. The molecule has 0 fully saturated rings. The van der Waals surface area contributed by atoms with Gasteiger partial charge in [-0.1, -0.05) is 18.2 Å². The summed E-state index contributed by atoms with van der Waals surface area (Å²) in [4.78, 5) is 8.93. The number of hydrogen-bond acceptors (Lipinski definition) is 4. The number of nitrogens with zero attached hydrogens (tertiary/aromatic N) is 2. The van der Waals surface area contributed by atoms with Crippen molar-refractivity contribution in [2.45, 2.75) is 20.8 Å². The smallest absolute Gasteiger partial charge is 0.165 e. The van der Waals surface area contributed by atoms with E-state index in [1.165, 1.54) is 0 Å². The van der Waals surface area contributed by atoms with Crippen molar-refractivity contribution in [1.82, 2.24) is 9.97 Å². The molecule has 0 saturated carbocycles. The van der Waals surface area contributed by atoms with Gasteiger partial charge in [-0.2, -0.15) is 0 Å². The number of aromatic nitrogens is 2. The predicted molar refractivity (Wildman–Crippen MR) is 75.9 cm³/mol. The summed E-state index contributed by atoms with van der Waals surface area (Å²) >= 11 is 0. The van der Waals surface area contributed by atoms with Crippen LogP contribution in [-0.2, 0) is 0 Å². The molecule has 0 spiro atoms. The Morgan fingerprint density at radius 2 is 1.79 bits per heavy atom. The molecule has 19 heavy (non-hydrogen) atoms. The minimum absolute atomic E-state index is 0.521. The van der Waals surface area contributed by atoms with Gasteiger partial charge in [0.05, 0.1) is 5.56 Å². The lowest BCUT2D eigenvalue weighted by atomic mass is 10.1. The van der Waals surface area contributed by atoms with Crippen molar-refractivity contribution >= 4 is 16.8 Å². The van der Waals surface area contributed by atoms with Crippen LogP contribution in [0.25, 0.3) is 22.4 Å². The average molecular weight is 253 g/mol. The van der Waals surface area contributed by atoms with Gasteiger partial charge in [-0.05, 0) is 26.8 Å². The number of benzene rings is 1. The van der Waals surface area contributed by atoms with Crippen LogP contribution < -0.4 is 5.73 Å². The molecule has 1 aromatic carbocycles. The summed E-state index contributed by atoms with van der Waals surface area (Å²) in [5.41, 5.74) is 9.53. The molecule has 0 aliphatic carbocycles. The highest BCUT2D eigenvalue weighted by Crippen LogP contribution is 2.33. The van der Waals surface area contributed by atoms with Gasteiger partial charge in [-0.15, -0.1) is 0 Å². The fourth-order valence-corrected chi connectivity index (χ4v) is 2.21. The van der Waals surface area contributed by atoms with Crippen LogP contribution in [0, 0.1) is 20.8 Å². The zero-order chi connectivity index (χ0) is 13.6. The number of para-hydroxylation sites is 1. The van der Waals surface area contributed by atoms with Gasteiger partial charge in [-0.25, -0.2) is 9.97 Å². The molecule has 0 aliphatic heterocycles. The van der Waals surface area contributed by atoms with Gasteiger partial charge in [-0.3, -0.25) is 0 Å². The van der Waals surface area contributed by atoms with Crippen molar-refractivity contribution in [1.29, 1.82) is 0 Å². The lowest BCUT2D eigenvalue weighted by Crippen LogP contribution is -2.02. The maximum atomic E-state index is 5.94. The first-order valence-electron chi connectivity index (χ1n) is 6.17. The van der Waals surface area contributed by atoms with E-state index in [4.69, 9.17) is 10.2 Å². The van der Waals surface area contributed by atoms with Crippen LogP contribution in [0.4, 0.5) is 5.82 Å². The topological polar surface area (TPSA) is 64.9 Å². The highest BCUT2D eigenvalue weighted by molar-refractivity contribution is 5.93. The third kappa shape index (κ3) is 1.76. The molecule has 0 radical (unpaired) electrons. The number of nitrogen functional groups attached to an aromatic ring is 1. The number of anilines is 1. The first-order chi connectivity index (χ1) is 9.08. The van der Waals surface area contributed by atoms with Crippen molar-refractivity contribution in [2.24, 2.45) is 0 Å². The van der Waals surface area contributed by atoms with Crippen LogP contribution in [0.3, 0.4) is 0 Å². The van der Waals surface area contributed by atoms with E-state index in [2.05, 4.69) is 9.97 Å². The number of aryl methyl sites for hydroxylation is 2. The molecule has 0 unspecified atom stereocenters. The van der Waals surface area contributed by atoms with Crippen molar-refractivity contribution in [3.05, 3.63) is 41.3 Å². The van der Waals surface area contributed by atoms with Crippen LogP contribution in [0.1, 0.15) is 17.0 Å². The molecule has 4 heteroatoms. The molecule has 3 aromatic rings. The van der Waals surface area contributed by atoms with E-state index >= 15 is 0 Å². The standard InChI is InChI=1S/C15H15N3O/c1-8-9(2)17-15(18-14(8)16)13-10(3)19-12-7-5-4-6-11(12)13/h4-7H,1-3H3,(H2,16,17,18). The van der Waals surface area contributed by atoms with Crippen LogP contribution in [-0.4, -0.2) is 9.97 Å². The molecule has 0 amide bonds. The second-order valence-electron chi connectivity index (χ2n) is 4.67. The summed E-state index contributed by atoms with van der Waals surface area (Å²) in [5, 5.41) is 1.02. The highest BCUT2D eigenvalue weighted by atomic mass is 16.3. The minimum Gasteiger partial charge on any atom is -0.461 e. The molecule has 0 saturated heterocycles. The molecule has 2 heterocycles. The Balaban J connectivity index is 2.33. The molecular weight excluding hydrogens is 238 g/mol. The van der Waals surface area contributed by atoms with E-state index in [0.717, 1.165) is 33.6 Å². The molecule has 96 valence electrons. The van der Waals surface area contributed by atoms with Gasteiger partial charge >= 0.3 is 0 Å². The summed E-state index contributed by atoms with van der Waals surface area (Å²) in [6.07, 6.45) is 0. The van der Waals surface area contributed by atoms with Crippen molar-refractivity contribution in [3.8, 4) is 11.4 Å². The lowest BCUT2D eigenvalue weighted by molar-refractivity contribution is 0.579. The molecule has 4 nitrogen and oxygen atoms in total. The monoisotopic (exact) mass is 253 g/mol. The normalized spacial score (nSPS) is 11.1. The first kappa shape index (κ1) is 11.7. The largest absolute Gasteiger partial charge is 0.461 e. The second-order valence-corrected chi connectivity index (χ2v) is 4.67. The van der Waals surface area contributed by atoms with Gasteiger partial charge in [0.1, 0.15) is 17.2 Å². The van der Waals surface area contributed by atoms with E-state index in [0.29, 0.717) is 11.6 Å². The lowest BCUT2D eigenvalue weighted by Gasteiger charge is -2.06. The Kier molecular flexibility index (Phi) is 2.52. The van der Waals surface area contributed by atoms with E-state index in [9.17, 15) is 0 Å². The summed E-state index contributed by atoms with van der Waals surface area (Å²) in [6.45, 7) is 5.79. The molecule has 0 aliphatic rings. The quantitative estimate of drug-likeness (QED) is 0.721. The second kappa shape index (κ2) is 4.09. The van der Waals surface area contributed by atoms with Gasteiger partial charge in [0, 0.05) is 16.6 Å². The molecule has 3 rings (SSSR count). The van der Waals surface area contributed by atoms with Crippen molar-refractivity contribution in [2.75, 3.05) is 5.73 Å². The van der Waals surface area contributed by atoms with Crippen LogP contribution in [0.2, 0.25) is 0 Å². The van der Waals surface area contributed by atoms with Crippen LogP contribution >= 0.6 is 0 Å². The SMILES string of the molecule is Cc1nc(-c2c(C)oc3ccccc23)nc(N)c1C. The molecule has 0 bridgehead atoms. The van der Waals surface area contributed by atoms with Gasteiger partial charge in [0.25, 0.3) is 0 Å². The fraction of sp³-hybridized carbons (Fsp3) is 0.200. The van der Waals surface area contributed by atoms with E-state index < -0.39 is 0 Å². The number of rotatable bonds is 1. The maximum absolute atomic E-state index is 5.94. The van der Waals surface area contributed by atoms with Gasteiger partial charge in [0.15, 0.2) is 5.82 Å². The van der Waals surface area contributed by atoms with Crippen LogP contribution in [0.5, 0.6) is 0 Å². The number of nitrogens with two attached hydrogens (primary N) is 1. The zero-order valence-corrected chi connectivity index (χ0v) is 11.2. The van der Waals surface area contributed by atoms with Crippen LogP contribution in [0.15, 0.2) is 28.7 Å². The Morgan fingerprint density at radius 1 is 1.05 bits per heavy atom. The number of furan rings is 1. The van der Waals surface area contributed by atoms with Gasteiger partial charge in [0.2, 0.25) is 0 Å². The zero-order valence-electron chi connectivity index (χ0n) is 11.2. The summed E-state index contributed by atoms with van der Waals surface area (Å²) in [6, 6.07) is 7.88. The third-order valence-electron chi connectivity index (χ3n) is 3.42. The fourth-order valence-electron chi connectivity index (χ4n) is 2.21. The van der Waals surface area contributed by atoms with Crippen molar-refractivity contribution in [3.63, 3.8) is 0 Å². The third-order valence-corrected chi connectivity index (χ3v) is 3.42. The Bertz CT molecular complexity index is 751. The number of fused-ring (bicyclic) bond motifs is 1. The molecular formula is C15H15N3O. The first-order valence-corrected chi connectivity index (χ1v) is 6.17. The Morgan fingerprint density at radius 3 is 2.53 bits per heavy atom. The van der Waals surface area contributed by atoms with E-state index in [-0.39, 0.29) is 0 Å². The summed E-state index contributed by atoms with van der Waals surface area (Å²) < 4.78 is 5.74. The predicted octanol–water partition coefficient (Wildman–Crippen LogP) is 3.40. The number of hydrogen-bond donors (Lipinski definition) is 1. The Hall–Kier alpha value is -2.36. The summed E-state index contributed by atoms with van der Waals surface area (Å²) in [7, 11) is 0. The van der Waals surface area contributed by atoms with E-state index in [1.54, 1.807) is 0 Å².